The van der Waals surface area contributed by atoms with Crippen molar-refractivity contribution in [3.63, 3.8) is 0 Å². The zero-order chi connectivity index (χ0) is 22.9. The lowest BCUT2D eigenvalue weighted by atomic mass is 10.2. The second-order valence-corrected chi connectivity index (χ2v) is 6.35. The summed E-state index contributed by atoms with van der Waals surface area (Å²) >= 11 is 0. The molecule has 3 aromatic carbocycles. The van der Waals surface area contributed by atoms with Gasteiger partial charge >= 0.3 is 0 Å². The molecule has 11 nitrogen and oxygen atoms in total. The van der Waals surface area contributed by atoms with E-state index < -0.39 is 15.8 Å². The predicted molar refractivity (Wildman–Crippen MR) is 119 cm³/mol. The number of non-ortho nitro benzene ring substituents is 2. The van der Waals surface area contributed by atoms with Crippen LogP contribution in [-0.4, -0.2) is 28.2 Å². The number of anilines is 1. The van der Waals surface area contributed by atoms with Crippen LogP contribution in [0.5, 0.6) is 0 Å². The van der Waals surface area contributed by atoms with Gasteiger partial charge in [-0.05, 0) is 18.2 Å². The number of hydrogen-bond donors (Lipinski definition) is 2. The van der Waals surface area contributed by atoms with E-state index >= 15 is 0 Å². The Hall–Kier alpha value is -4.93. The number of hydrazone groups is 2. The molecule has 0 aliphatic rings. The third-order valence-corrected chi connectivity index (χ3v) is 4.07. The third-order valence-electron chi connectivity index (χ3n) is 4.07. The fourth-order valence-corrected chi connectivity index (χ4v) is 2.58. The number of amides is 1. The molecule has 0 saturated carbocycles. The number of benzene rings is 3. The number of nitro benzene ring substituents is 2. The van der Waals surface area contributed by atoms with Crippen LogP contribution >= 0.6 is 0 Å². The lowest BCUT2D eigenvalue weighted by Gasteiger charge is -2.04. The summed E-state index contributed by atoms with van der Waals surface area (Å²) in [7, 11) is 0. The minimum atomic E-state index is -0.518. The summed E-state index contributed by atoms with van der Waals surface area (Å²) in [6, 6.07) is 18.3. The Kier molecular flexibility index (Phi) is 6.94. The molecule has 0 atom stereocenters. The van der Waals surface area contributed by atoms with E-state index in [4.69, 9.17) is 0 Å². The zero-order valence-corrected chi connectivity index (χ0v) is 16.4. The Labute approximate surface area is 181 Å². The van der Waals surface area contributed by atoms with Gasteiger partial charge in [-0.2, -0.15) is 10.2 Å². The number of nitrogens with zero attached hydrogens (tertiary/aromatic N) is 4. The molecule has 0 spiro atoms. The van der Waals surface area contributed by atoms with E-state index in [2.05, 4.69) is 21.1 Å². The first kappa shape index (κ1) is 21.8. The summed E-state index contributed by atoms with van der Waals surface area (Å²) in [5, 5.41) is 29.5. The van der Waals surface area contributed by atoms with Gasteiger partial charge in [0.05, 0.1) is 28.0 Å². The Morgan fingerprint density at radius 3 is 1.94 bits per heavy atom. The fourth-order valence-electron chi connectivity index (χ4n) is 2.58. The van der Waals surface area contributed by atoms with Crippen LogP contribution in [0.1, 0.15) is 21.5 Å². The number of rotatable bonds is 8. The van der Waals surface area contributed by atoms with Gasteiger partial charge in [0.1, 0.15) is 0 Å². The van der Waals surface area contributed by atoms with E-state index in [0.717, 1.165) is 0 Å². The number of carbonyl (C=O) groups excluding carboxylic acids is 1. The van der Waals surface area contributed by atoms with Crippen molar-refractivity contribution in [2.24, 2.45) is 10.2 Å². The molecule has 0 aliphatic carbocycles. The summed E-state index contributed by atoms with van der Waals surface area (Å²) in [6.45, 7) is 0. The maximum atomic E-state index is 12.3. The number of nitro groups is 2. The van der Waals surface area contributed by atoms with Gasteiger partial charge < -0.3 is 0 Å². The normalized spacial score (nSPS) is 10.9. The zero-order valence-electron chi connectivity index (χ0n) is 16.4. The second kappa shape index (κ2) is 10.2. The molecule has 160 valence electrons. The highest BCUT2D eigenvalue weighted by Gasteiger charge is 2.07. The molecule has 3 aromatic rings. The maximum Gasteiger partial charge on any atom is 0.271 e. The van der Waals surface area contributed by atoms with Crippen LogP contribution in [0.3, 0.4) is 0 Å². The first-order chi connectivity index (χ1) is 15.4. The molecule has 0 fully saturated rings. The first-order valence-electron chi connectivity index (χ1n) is 9.14. The molecule has 3 rings (SSSR count). The van der Waals surface area contributed by atoms with Crippen LogP contribution < -0.4 is 10.9 Å². The van der Waals surface area contributed by atoms with Gasteiger partial charge in [-0.1, -0.05) is 30.3 Å². The van der Waals surface area contributed by atoms with Crippen molar-refractivity contribution in [2.45, 2.75) is 0 Å². The standard InChI is InChI=1S/C21H16N6O5/c28-21(25-23-14-16-5-2-9-20(11-16)27(31)32)17-6-3-7-18(12-17)24-22-13-15-4-1-8-19(10-15)26(29)30/h1-14,24H,(H,25,28)/b22-13+,23-14+. The van der Waals surface area contributed by atoms with Crippen molar-refractivity contribution in [2.75, 3.05) is 5.43 Å². The van der Waals surface area contributed by atoms with Gasteiger partial charge in [-0.25, -0.2) is 5.43 Å². The summed E-state index contributed by atoms with van der Waals surface area (Å²) in [6.07, 6.45) is 2.72. The Morgan fingerprint density at radius 2 is 1.34 bits per heavy atom. The molecule has 0 saturated heterocycles. The van der Waals surface area contributed by atoms with Crippen LogP contribution in [0.2, 0.25) is 0 Å². The second-order valence-electron chi connectivity index (χ2n) is 6.35. The first-order valence-corrected chi connectivity index (χ1v) is 9.14. The van der Waals surface area contributed by atoms with Crippen molar-refractivity contribution < 1.29 is 14.6 Å². The maximum absolute atomic E-state index is 12.3. The molecular weight excluding hydrogens is 416 g/mol. The molecule has 2 N–H and O–H groups in total. The van der Waals surface area contributed by atoms with Gasteiger partial charge in [0.15, 0.2) is 0 Å². The molecule has 0 aromatic heterocycles. The van der Waals surface area contributed by atoms with E-state index in [0.29, 0.717) is 22.4 Å². The van der Waals surface area contributed by atoms with Crippen LogP contribution in [0.4, 0.5) is 17.1 Å². The molecular formula is C21H16N6O5. The minimum Gasteiger partial charge on any atom is -0.278 e. The van der Waals surface area contributed by atoms with Gasteiger partial charge in [0, 0.05) is 41.0 Å². The van der Waals surface area contributed by atoms with Crippen molar-refractivity contribution in [3.8, 4) is 0 Å². The molecule has 1 amide bonds. The quantitative estimate of drug-likeness (QED) is 0.314. The van der Waals surface area contributed by atoms with Gasteiger partial charge in [-0.3, -0.25) is 30.4 Å². The highest BCUT2D eigenvalue weighted by molar-refractivity contribution is 5.95. The lowest BCUT2D eigenvalue weighted by Crippen LogP contribution is -2.17. The molecule has 32 heavy (non-hydrogen) atoms. The molecule has 0 unspecified atom stereocenters. The summed E-state index contributed by atoms with van der Waals surface area (Å²) < 4.78 is 0. The molecule has 0 bridgehead atoms. The lowest BCUT2D eigenvalue weighted by molar-refractivity contribution is -0.385. The molecule has 0 aliphatic heterocycles. The summed E-state index contributed by atoms with van der Waals surface area (Å²) in [4.78, 5) is 32.9. The van der Waals surface area contributed by atoms with Crippen LogP contribution in [0.15, 0.2) is 83.0 Å². The number of carbonyl (C=O) groups is 1. The van der Waals surface area contributed by atoms with Crippen molar-refractivity contribution >= 4 is 35.4 Å². The van der Waals surface area contributed by atoms with Crippen molar-refractivity contribution in [1.82, 2.24) is 5.43 Å². The van der Waals surface area contributed by atoms with Crippen LogP contribution in [-0.2, 0) is 0 Å². The van der Waals surface area contributed by atoms with E-state index in [1.807, 2.05) is 0 Å². The average Bonchev–Trinajstić information content (AvgIpc) is 2.79. The average molecular weight is 432 g/mol. The largest absolute Gasteiger partial charge is 0.278 e. The fraction of sp³-hybridized carbons (Fsp3) is 0. The smallest absolute Gasteiger partial charge is 0.271 e. The Morgan fingerprint density at radius 1 is 0.781 bits per heavy atom. The minimum absolute atomic E-state index is 0.0433. The Bertz CT molecular complexity index is 1220. The molecule has 0 radical (unpaired) electrons. The molecule has 0 heterocycles. The number of hydrogen-bond acceptors (Lipinski definition) is 8. The van der Waals surface area contributed by atoms with E-state index in [1.54, 1.807) is 42.5 Å². The van der Waals surface area contributed by atoms with E-state index in [1.165, 1.54) is 42.8 Å². The predicted octanol–water partition coefficient (Wildman–Crippen LogP) is 3.71. The van der Waals surface area contributed by atoms with Crippen LogP contribution in [0.25, 0.3) is 0 Å². The molecule has 11 heteroatoms. The highest BCUT2D eigenvalue weighted by Crippen LogP contribution is 2.14. The van der Waals surface area contributed by atoms with Gasteiger partial charge in [-0.15, -0.1) is 0 Å². The van der Waals surface area contributed by atoms with E-state index in [-0.39, 0.29) is 11.4 Å². The van der Waals surface area contributed by atoms with Gasteiger partial charge in [0.25, 0.3) is 17.3 Å². The summed E-state index contributed by atoms with van der Waals surface area (Å²) in [5.41, 5.74) is 6.80. The monoisotopic (exact) mass is 432 g/mol. The van der Waals surface area contributed by atoms with Gasteiger partial charge in [0.2, 0.25) is 0 Å². The Balaban J connectivity index is 1.61. The van der Waals surface area contributed by atoms with E-state index in [9.17, 15) is 25.0 Å². The van der Waals surface area contributed by atoms with Crippen molar-refractivity contribution in [1.29, 1.82) is 0 Å². The van der Waals surface area contributed by atoms with Crippen molar-refractivity contribution in [3.05, 3.63) is 110 Å². The topological polar surface area (TPSA) is 152 Å². The van der Waals surface area contributed by atoms with Crippen LogP contribution in [0, 0.1) is 20.2 Å². The highest BCUT2D eigenvalue weighted by atomic mass is 16.6. The third kappa shape index (κ3) is 6.03. The number of nitrogens with one attached hydrogen (secondary N) is 2. The SMILES string of the molecule is O=C(N/N=C/c1cccc([N+](=O)[O-])c1)c1cccc(N/N=C/c2cccc([N+](=O)[O-])c2)c1. The summed E-state index contributed by atoms with van der Waals surface area (Å²) in [5.74, 6) is -0.488.